The number of rotatable bonds is 9. The van der Waals surface area contributed by atoms with Gasteiger partial charge in [-0.25, -0.2) is 9.48 Å². The Balaban J connectivity index is 1.09. The number of likely N-dealkylation sites (tertiary alicyclic amines) is 1. The molecule has 5 aliphatic rings. The van der Waals surface area contributed by atoms with Gasteiger partial charge in [-0.1, -0.05) is 6.92 Å². The average molecular weight is 590 g/mol. The minimum Gasteiger partial charge on any atom is -0.477 e. The fourth-order valence-corrected chi connectivity index (χ4v) is 8.76. The van der Waals surface area contributed by atoms with Crippen molar-refractivity contribution < 1.29 is 29.4 Å². The predicted molar refractivity (Wildman–Crippen MR) is 144 cm³/mol. The Morgan fingerprint density at radius 1 is 1.32 bits per heavy atom. The first-order valence-corrected chi connectivity index (χ1v) is 14.8. The number of nitrogens with zero attached hydrogens (tertiary/aromatic N) is 6. The van der Waals surface area contributed by atoms with Gasteiger partial charge in [-0.15, -0.1) is 16.9 Å². The van der Waals surface area contributed by atoms with Crippen molar-refractivity contribution in [3.63, 3.8) is 0 Å². The Kier molecular flexibility index (Phi) is 7.28. The maximum Gasteiger partial charge on any atom is 0.353 e. The Bertz CT molecular complexity index is 1280. The van der Waals surface area contributed by atoms with Crippen LogP contribution in [0.15, 0.2) is 16.9 Å². The number of β-lactam (4-membered cyclic amide) rings is 1. The van der Waals surface area contributed by atoms with Gasteiger partial charge in [0.25, 0.3) is 0 Å². The normalized spacial score (nSPS) is 35.0. The van der Waals surface area contributed by atoms with Gasteiger partial charge in [0.15, 0.2) is 0 Å². The van der Waals surface area contributed by atoms with E-state index in [0.717, 1.165) is 6.54 Å². The minimum atomic E-state index is -1.16. The summed E-state index contributed by atoms with van der Waals surface area (Å²) in [5.41, 5.74) is -0.273. The number of tetrazole rings is 1. The second-order valence-electron chi connectivity index (χ2n) is 11.9. The van der Waals surface area contributed by atoms with Crippen LogP contribution in [0.1, 0.15) is 20.3 Å². The molecule has 222 valence electrons. The molecule has 0 aliphatic carbocycles. The first kappa shape index (κ1) is 28.1. The standard InChI is InChI=1S/C25H35N9O6S/c1-12-19-18(13(2)29-17(36)7-33-11-28-30-31-33)23(38)34(19)20(24(39)40)21(12)41-15-3-16(27-5-15)22(37)32-6-14-4-26-8-25(14,9-32)10-35/h11-16,18-19,26-27,35H,3-10H2,1-2H3,(H,29,36)(H,39,40)/t12?,13?,14?,15?,16?,18?,19-,25?/m1/s1. The zero-order valence-corrected chi connectivity index (χ0v) is 23.7. The maximum atomic E-state index is 13.4. The monoisotopic (exact) mass is 589 g/mol. The lowest BCUT2D eigenvalue weighted by molar-refractivity contribution is -0.158. The molecule has 6 heterocycles. The number of aliphatic hydroxyl groups excluding tert-OH is 1. The number of hydrogen-bond acceptors (Lipinski definition) is 11. The van der Waals surface area contributed by atoms with Crippen molar-refractivity contribution in [2.45, 2.75) is 50.2 Å². The Labute approximate surface area is 240 Å². The van der Waals surface area contributed by atoms with Gasteiger partial charge in [0.2, 0.25) is 17.7 Å². The number of aliphatic carboxylic acids is 1. The van der Waals surface area contributed by atoms with Crippen molar-refractivity contribution in [2.24, 2.45) is 23.2 Å². The highest BCUT2D eigenvalue weighted by Crippen LogP contribution is 2.52. The van der Waals surface area contributed by atoms with Crippen molar-refractivity contribution in [2.75, 3.05) is 39.3 Å². The summed E-state index contributed by atoms with van der Waals surface area (Å²) < 4.78 is 1.28. The molecule has 15 nitrogen and oxygen atoms in total. The van der Waals surface area contributed by atoms with Crippen molar-refractivity contribution in [1.82, 2.24) is 46.0 Å². The van der Waals surface area contributed by atoms with E-state index in [-0.39, 0.29) is 71.2 Å². The molecule has 4 fully saturated rings. The Morgan fingerprint density at radius 3 is 2.80 bits per heavy atom. The summed E-state index contributed by atoms with van der Waals surface area (Å²) in [6.45, 7) is 6.82. The van der Waals surface area contributed by atoms with E-state index >= 15 is 0 Å². The van der Waals surface area contributed by atoms with Crippen molar-refractivity contribution >= 4 is 35.5 Å². The lowest BCUT2D eigenvalue weighted by Gasteiger charge is -2.47. The van der Waals surface area contributed by atoms with Crippen LogP contribution in [-0.4, -0.2) is 127 Å². The third kappa shape index (κ3) is 4.70. The molecule has 1 aromatic heterocycles. The maximum absolute atomic E-state index is 13.4. The SMILES string of the molecule is CC(NC(=O)Cn1cnnn1)C1C(=O)N2C(C(=O)O)=C(SC3CNC(C(=O)N4CC5CNCC5(CO)C4)C3)C(C)[C@H]12. The largest absolute Gasteiger partial charge is 0.477 e. The molecule has 1 aromatic rings. The molecular weight excluding hydrogens is 554 g/mol. The highest BCUT2D eigenvalue weighted by molar-refractivity contribution is 8.03. The molecule has 5 N–H and O–H groups in total. The van der Waals surface area contributed by atoms with Gasteiger partial charge in [-0.05, 0) is 29.7 Å². The number of carbonyl (C=O) groups is 4. The number of thioether (sulfide) groups is 1. The van der Waals surface area contributed by atoms with Crippen molar-refractivity contribution in [1.29, 1.82) is 0 Å². The van der Waals surface area contributed by atoms with Gasteiger partial charge in [-0.2, -0.15) is 0 Å². The summed E-state index contributed by atoms with van der Waals surface area (Å²) in [6, 6.07) is -1.26. The quantitative estimate of drug-likeness (QED) is 0.190. The third-order valence-electron chi connectivity index (χ3n) is 9.40. The molecule has 7 unspecified atom stereocenters. The van der Waals surface area contributed by atoms with E-state index in [1.807, 2.05) is 11.8 Å². The Hall–Kier alpha value is -3.08. The Morgan fingerprint density at radius 2 is 2.12 bits per heavy atom. The number of fused-ring (bicyclic) bond motifs is 2. The zero-order valence-electron chi connectivity index (χ0n) is 22.9. The van der Waals surface area contributed by atoms with E-state index in [2.05, 4.69) is 31.5 Å². The summed E-state index contributed by atoms with van der Waals surface area (Å²) >= 11 is 1.43. The number of aromatic nitrogens is 4. The molecule has 6 rings (SSSR count). The van der Waals surface area contributed by atoms with E-state index in [9.17, 15) is 29.4 Å². The van der Waals surface area contributed by atoms with Crippen LogP contribution < -0.4 is 16.0 Å². The fraction of sp³-hybridized carbons (Fsp3) is 0.720. The highest BCUT2D eigenvalue weighted by atomic mass is 32.2. The van der Waals surface area contributed by atoms with E-state index in [0.29, 0.717) is 37.5 Å². The smallest absolute Gasteiger partial charge is 0.353 e. The lowest BCUT2D eigenvalue weighted by atomic mass is 9.78. The van der Waals surface area contributed by atoms with Crippen LogP contribution in [-0.2, 0) is 25.7 Å². The van der Waals surface area contributed by atoms with Crippen LogP contribution in [0.3, 0.4) is 0 Å². The molecule has 0 aromatic carbocycles. The van der Waals surface area contributed by atoms with E-state index in [4.69, 9.17) is 0 Å². The van der Waals surface area contributed by atoms with Gasteiger partial charge in [0.1, 0.15) is 18.6 Å². The van der Waals surface area contributed by atoms with Crippen LogP contribution in [0.5, 0.6) is 0 Å². The van der Waals surface area contributed by atoms with E-state index in [1.54, 1.807) is 6.92 Å². The van der Waals surface area contributed by atoms with Gasteiger partial charge in [0, 0.05) is 60.3 Å². The molecule has 4 saturated heterocycles. The molecule has 0 saturated carbocycles. The summed E-state index contributed by atoms with van der Waals surface area (Å²) in [6.07, 6.45) is 1.87. The van der Waals surface area contributed by atoms with Crippen molar-refractivity contribution in [3.05, 3.63) is 16.9 Å². The topological polar surface area (TPSA) is 195 Å². The average Bonchev–Trinajstić information content (AvgIpc) is 3.73. The minimum absolute atomic E-state index is 0.000462. The number of carboxylic acid groups (broad SMARTS) is 1. The van der Waals surface area contributed by atoms with Gasteiger partial charge < -0.3 is 36.0 Å². The summed E-state index contributed by atoms with van der Waals surface area (Å²) in [4.78, 5) is 55.2. The van der Waals surface area contributed by atoms with Crippen LogP contribution >= 0.6 is 11.8 Å². The first-order chi connectivity index (χ1) is 19.6. The highest BCUT2D eigenvalue weighted by Gasteiger charge is 2.60. The number of hydrogen-bond donors (Lipinski definition) is 5. The van der Waals surface area contributed by atoms with Crippen LogP contribution in [0.2, 0.25) is 0 Å². The number of amides is 3. The van der Waals surface area contributed by atoms with Gasteiger partial charge in [-0.3, -0.25) is 14.4 Å². The zero-order chi connectivity index (χ0) is 29.1. The number of carboxylic acids is 1. The molecule has 16 heteroatoms. The number of nitrogens with one attached hydrogen (secondary N) is 3. The molecule has 3 amide bonds. The summed E-state index contributed by atoms with van der Waals surface area (Å²) in [5, 5.41) is 40.2. The molecule has 0 radical (unpaired) electrons. The fourth-order valence-electron chi connectivity index (χ4n) is 7.28. The van der Waals surface area contributed by atoms with Crippen molar-refractivity contribution in [3.8, 4) is 0 Å². The van der Waals surface area contributed by atoms with Crippen LogP contribution in [0.25, 0.3) is 0 Å². The third-order valence-corrected chi connectivity index (χ3v) is 10.9. The molecular formula is C25H35N9O6S. The summed E-state index contributed by atoms with van der Waals surface area (Å²) in [5.74, 6) is -2.37. The number of aliphatic hydroxyl groups is 1. The first-order valence-electron chi connectivity index (χ1n) is 13.9. The van der Waals surface area contributed by atoms with Crippen LogP contribution in [0, 0.1) is 23.2 Å². The molecule has 0 bridgehead atoms. The second kappa shape index (κ2) is 10.6. The summed E-state index contributed by atoms with van der Waals surface area (Å²) in [7, 11) is 0. The molecule has 41 heavy (non-hydrogen) atoms. The molecule has 5 aliphatic heterocycles. The second-order valence-corrected chi connectivity index (χ2v) is 13.2. The molecule has 0 spiro atoms. The lowest BCUT2D eigenvalue weighted by Crippen LogP contribution is -2.66. The van der Waals surface area contributed by atoms with E-state index in [1.165, 1.54) is 27.7 Å². The molecule has 8 atom stereocenters. The van der Waals surface area contributed by atoms with Crippen LogP contribution in [0.4, 0.5) is 0 Å². The van der Waals surface area contributed by atoms with Gasteiger partial charge in [0.05, 0.1) is 24.6 Å². The van der Waals surface area contributed by atoms with Gasteiger partial charge >= 0.3 is 5.97 Å². The van der Waals surface area contributed by atoms with E-state index < -0.39 is 17.9 Å². The number of carbonyl (C=O) groups excluding carboxylic acids is 3. The predicted octanol–water partition coefficient (Wildman–Crippen LogP) is -2.55.